The van der Waals surface area contributed by atoms with Gasteiger partial charge in [0.15, 0.2) is 0 Å². The second-order valence-electron chi connectivity index (χ2n) is 4.26. The number of amides is 1. The lowest BCUT2D eigenvalue weighted by molar-refractivity contribution is -0.116. The molecule has 1 aromatic rings. The van der Waals surface area contributed by atoms with Crippen molar-refractivity contribution in [3.05, 3.63) is 41.2 Å². The summed E-state index contributed by atoms with van der Waals surface area (Å²) in [5.41, 5.74) is 2.95. The number of halogens is 1. The molecule has 0 saturated heterocycles. The van der Waals surface area contributed by atoms with E-state index in [1.54, 1.807) is 12.1 Å². The van der Waals surface area contributed by atoms with Gasteiger partial charge in [-0.1, -0.05) is 13.0 Å². The smallest absolute Gasteiger partial charge is 0.244 e. The Morgan fingerprint density at radius 3 is 3.06 bits per heavy atom. The van der Waals surface area contributed by atoms with Crippen LogP contribution in [0.5, 0.6) is 0 Å². The number of benzene rings is 1. The number of aryl methyl sites for hydroxylation is 1. The van der Waals surface area contributed by atoms with Crippen LogP contribution < -0.4 is 5.32 Å². The van der Waals surface area contributed by atoms with Crippen LogP contribution >= 0.6 is 0 Å². The maximum absolute atomic E-state index is 13.1. The number of allylic oxidation sites excluding steroid dienone is 1. The molecule has 0 atom stereocenters. The molecule has 0 fully saturated rings. The molecule has 0 heterocycles. The highest BCUT2D eigenvalue weighted by atomic mass is 19.1. The first-order chi connectivity index (χ1) is 8.20. The largest absolute Gasteiger partial charge is 0.353 e. The summed E-state index contributed by atoms with van der Waals surface area (Å²) in [7, 11) is 0. The first-order valence-corrected chi connectivity index (χ1v) is 5.98. The second-order valence-corrected chi connectivity index (χ2v) is 4.26. The summed E-state index contributed by atoms with van der Waals surface area (Å²) in [5.74, 6) is -0.329. The summed E-state index contributed by atoms with van der Waals surface area (Å²) in [6.07, 6.45) is 4.22. The van der Waals surface area contributed by atoms with E-state index in [-0.39, 0.29) is 11.7 Å². The van der Waals surface area contributed by atoms with Crippen molar-refractivity contribution in [2.24, 2.45) is 0 Å². The van der Waals surface area contributed by atoms with Gasteiger partial charge in [-0.2, -0.15) is 0 Å². The van der Waals surface area contributed by atoms with Crippen LogP contribution in [0.3, 0.4) is 0 Å². The van der Waals surface area contributed by atoms with Crippen LogP contribution in [0.1, 0.15) is 30.9 Å². The topological polar surface area (TPSA) is 29.1 Å². The number of carbonyl (C=O) groups excluding carboxylic acids is 1. The number of rotatable bonds is 3. The predicted molar refractivity (Wildman–Crippen MR) is 66.0 cm³/mol. The van der Waals surface area contributed by atoms with Crippen LogP contribution in [0, 0.1) is 5.82 Å². The Bertz CT molecular complexity index is 465. The molecule has 1 N–H and O–H groups in total. The molecule has 0 bridgehead atoms. The third-order valence-corrected chi connectivity index (χ3v) is 2.94. The molecule has 17 heavy (non-hydrogen) atoms. The van der Waals surface area contributed by atoms with Crippen molar-refractivity contribution >= 4 is 11.5 Å². The zero-order valence-corrected chi connectivity index (χ0v) is 9.92. The summed E-state index contributed by atoms with van der Waals surface area (Å²) >= 11 is 0. The molecule has 1 aromatic carbocycles. The van der Waals surface area contributed by atoms with E-state index in [4.69, 9.17) is 0 Å². The van der Waals surface area contributed by atoms with Crippen molar-refractivity contribution in [2.75, 3.05) is 6.54 Å². The Balaban J connectivity index is 2.18. The normalized spacial score (nSPS) is 16.0. The molecule has 1 amide bonds. The lowest BCUT2D eigenvalue weighted by Gasteiger charge is -2.02. The number of hydrogen-bond acceptors (Lipinski definition) is 1. The third kappa shape index (κ3) is 2.73. The summed E-state index contributed by atoms with van der Waals surface area (Å²) in [4.78, 5) is 11.6. The molecular formula is C14H16FNO. The number of hydrogen-bond donors (Lipinski definition) is 1. The Labute approximate surface area is 101 Å². The van der Waals surface area contributed by atoms with E-state index in [2.05, 4.69) is 5.32 Å². The second kappa shape index (κ2) is 5.13. The maximum atomic E-state index is 13.1. The number of nitrogens with one attached hydrogen (secondary N) is 1. The average molecular weight is 233 g/mol. The molecule has 0 radical (unpaired) electrons. The molecule has 0 aromatic heterocycles. The van der Waals surface area contributed by atoms with Crippen LogP contribution in [0.15, 0.2) is 24.3 Å². The highest BCUT2D eigenvalue weighted by Crippen LogP contribution is 2.32. The van der Waals surface area contributed by atoms with E-state index in [0.29, 0.717) is 6.54 Å². The van der Waals surface area contributed by atoms with Gasteiger partial charge in [0.2, 0.25) is 5.91 Å². The van der Waals surface area contributed by atoms with E-state index >= 15 is 0 Å². The van der Waals surface area contributed by atoms with Gasteiger partial charge >= 0.3 is 0 Å². The van der Waals surface area contributed by atoms with E-state index in [1.165, 1.54) is 12.1 Å². The molecule has 2 rings (SSSR count). The van der Waals surface area contributed by atoms with Crippen LogP contribution in [-0.2, 0) is 11.2 Å². The summed E-state index contributed by atoms with van der Waals surface area (Å²) < 4.78 is 13.1. The van der Waals surface area contributed by atoms with E-state index < -0.39 is 0 Å². The molecule has 0 unspecified atom stereocenters. The van der Waals surface area contributed by atoms with E-state index in [9.17, 15) is 9.18 Å². The molecule has 1 aliphatic carbocycles. The standard InChI is InChI=1S/C14H16FNO/c1-2-7-16-14(17)8-11-4-3-10-5-6-12(15)9-13(10)11/h5-6,8-9H,2-4,7H2,1H3,(H,16,17)/b11-8+. The lowest BCUT2D eigenvalue weighted by atomic mass is 10.1. The van der Waals surface area contributed by atoms with Gasteiger partial charge in [0, 0.05) is 12.6 Å². The Hall–Kier alpha value is -1.64. The Kier molecular flexibility index (Phi) is 3.57. The molecule has 2 nitrogen and oxygen atoms in total. The molecule has 0 spiro atoms. The van der Waals surface area contributed by atoms with Crippen LogP contribution in [0.25, 0.3) is 5.57 Å². The van der Waals surface area contributed by atoms with Gasteiger partial charge in [-0.3, -0.25) is 4.79 Å². The van der Waals surface area contributed by atoms with Gasteiger partial charge in [0.05, 0.1) is 0 Å². The van der Waals surface area contributed by atoms with Gasteiger partial charge in [0.1, 0.15) is 5.82 Å². The first kappa shape index (κ1) is 11.8. The van der Waals surface area contributed by atoms with Crippen molar-refractivity contribution < 1.29 is 9.18 Å². The fraction of sp³-hybridized carbons (Fsp3) is 0.357. The fourth-order valence-electron chi connectivity index (χ4n) is 2.08. The monoisotopic (exact) mass is 233 g/mol. The fourth-order valence-corrected chi connectivity index (χ4v) is 2.08. The third-order valence-electron chi connectivity index (χ3n) is 2.94. The lowest BCUT2D eigenvalue weighted by Crippen LogP contribution is -2.21. The Morgan fingerprint density at radius 1 is 1.47 bits per heavy atom. The molecule has 1 aliphatic rings. The molecular weight excluding hydrogens is 217 g/mol. The van der Waals surface area contributed by atoms with Crippen molar-refractivity contribution in [1.29, 1.82) is 0 Å². The van der Waals surface area contributed by atoms with E-state index in [0.717, 1.165) is 36.0 Å². The van der Waals surface area contributed by atoms with Gasteiger partial charge < -0.3 is 5.32 Å². The number of carbonyl (C=O) groups is 1. The minimum absolute atomic E-state index is 0.0843. The van der Waals surface area contributed by atoms with Crippen LogP contribution in [0.2, 0.25) is 0 Å². The maximum Gasteiger partial charge on any atom is 0.244 e. The van der Waals surface area contributed by atoms with Gasteiger partial charge in [0.25, 0.3) is 0 Å². The highest BCUT2D eigenvalue weighted by Gasteiger charge is 2.17. The van der Waals surface area contributed by atoms with Crippen molar-refractivity contribution in [2.45, 2.75) is 26.2 Å². The molecule has 0 aliphatic heterocycles. The average Bonchev–Trinajstić information content (AvgIpc) is 2.69. The zero-order chi connectivity index (χ0) is 12.3. The minimum atomic E-state index is -0.245. The zero-order valence-electron chi connectivity index (χ0n) is 9.92. The quantitative estimate of drug-likeness (QED) is 0.799. The SMILES string of the molecule is CCCNC(=O)/C=C1\CCc2ccc(F)cc21. The van der Waals surface area contributed by atoms with Gasteiger partial charge in [-0.15, -0.1) is 0 Å². The van der Waals surface area contributed by atoms with E-state index in [1.807, 2.05) is 6.92 Å². The van der Waals surface area contributed by atoms with Crippen LogP contribution in [0.4, 0.5) is 4.39 Å². The van der Waals surface area contributed by atoms with Gasteiger partial charge in [-0.05, 0) is 48.1 Å². The Morgan fingerprint density at radius 2 is 2.29 bits per heavy atom. The highest BCUT2D eigenvalue weighted by molar-refractivity contribution is 5.96. The summed E-state index contributed by atoms with van der Waals surface area (Å²) in [6, 6.07) is 4.79. The van der Waals surface area contributed by atoms with Crippen molar-refractivity contribution in [3.8, 4) is 0 Å². The molecule has 0 saturated carbocycles. The van der Waals surface area contributed by atoms with Crippen molar-refractivity contribution in [3.63, 3.8) is 0 Å². The first-order valence-electron chi connectivity index (χ1n) is 5.98. The van der Waals surface area contributed by atoms with Gasteiger partial charge in [-0.25, -0.2) is 4.39 Å². The minimum Gasteiger partial charge on any atom is -0.353 e. The number of fused-ring (bicyclic) bond motifs is 1. The molecule has 90 valence electrons. The summed E-state index contributed by atoms with van der Waals surface area (Å²) in [5, 5.41) is 2.80. The summed E-state index contributed by atoms with van der Waals surface area (Å²) in [6.45, 7) is 2.69. The van der Waals surface area contributed by atoms with Crippen molar-refractivity contribution in [1.82, 2.24) is 5.32 Å². The van der Waals surface area contributed by atoms with Crippen LogP contribution in [-0.4, -0.2) is 12.5 Å². The molecule has 3 heteroatoms. The predicted octanol–water partition coefficient (Wildman–Crippen LogP) is 2.68.